The largest absolute Gasteiger partial charge is 0.377 e. The fraction of sp³-hybridized carbons (Fsp3) is 0.600. The van der Waals surface area contributed by atoms with Crippen LogP contribution in [-0.2, 0) is 5.60 Å². The molecule has 114 valence electrons. The summed E-state index contributed by atoms with van der Waals surface area (Å²) in [6, 6.07) is -0.204. The van der Waals surface area contributed by atoms with Gasteiger partial charge in [0, 0.05) is 10.5 Å². The Morgan fingerprint density at radius 1 is 1.25 bits per heavy atom. The molecule has 20 heavy (non-hydrogen) atoms. The molecule has 2 nitrogen and oxygen atoms in total. The van der Waals surface area contributed by atoms with Crippen molar-refractivity contribution in [1.29, 1.82) is 0 Å². The molecule has 0 aliphatic heterocycles. The second-order valence-electron chi connectivity index (χ2n) is 5.22. The number of unbranched alkanes of at least 4 members (excludes halogenated alkanes) is 1. The number of aliphatic hydroxyl groups is 1. The molecular weight excluding hydrogens is 280 g/mol. The Morgan fingerprint density at radius 3 is 2.25 bits per heavy atom. The topological polar surface area (TPSA) is 46.2 Å². The first-order chi connectivity index (χ1) is 9.17. The molecule has 0 radical (unpaired) electrons. The van der Waals surface area contributed by atoms with E-state index < -0.39 is 11.6 Å². The molecule has 1 aromatic rings. The fourth-order valence-electron chi connectivity index (χ4n) is 2.20. The van der Waals surface area contributed by atoms with Gasteiger partial charge >= 0.3 is 6.05 Å². The van der Waals surface area contributed by atoms with Gasteiger partial charge in [0.05, 0.1) is 0 Å². The monoisotopic (exact) mass is 303 g/mol. The van der Waals surface area contributed by atoms with Crippen LogP contribution >= 0.6 is 11.8 Å². The van der Waals surface area contributed by atoms with E-state index in [4.69, 9.17) is 5.73 Å². The van der Waals surface area contributed by atoms with Crippen LogP contribution in [0.3, 0.4) is 0 Å². The number of benzene rings is 1. The molecule has 0 aliphatic rings. The van der Waals surface area contributed by atoms with E-state index in [0.29, 0.717) is 11.3 Å². The van der Waals surface area contributed by atoms with Gasteiger partial charge in [0.1, 0.15) is 0 Å². The Balaban J connectivity index is 3.44. The van der Waals surface area contributed by atoms with Crippen LogP contribution in [0.4, 0.5) is 8.78 Å². The third-order valence-corrected chi connectivity index (χ3v) is 4.48. The van der Waals surface area contributed by atoms with Crippen molar-refractivity contribution in [2.45, 2.75) is 56.6 Å². The van der Waals surface area contributed by atoms with Crippen molar-refractivity contribution in [3.8, 4) is 0 Å². The number of hydrogen-bond acceptors (Lipinski definition) is 3. The molecule has 5 heteroatoms. The minimum Gasteiger partial charge on any atom is -0.377 e. The van der Waals surface area contributed by atoms with Gasteiger partial charge in [0.25, 0.3) is 0 Å². The average Bonchev–Trinajstić information content (AvgIpc) is 2.37. The average molecular weight is 303 g/mol. The number of halogens is 2. The summed E-state index contributed by atoms with van der Waals surface area (Å²) in [5.74, 6) is 0. The van der Waals surface area contributed by atoms with E-state index in [-0.39, 0.29) is 12.0 Å². The summed E-state index contributed by atoms with van der Waals surface area (Å²) in [5.41, 5.74) is 4.80. The summed E-state index contributed by atoms with van der Waals surface area (Å²) in [6.45, 7) is 5.66. The fourth-order valence-corrected chi connectivity index (χ4v) is 2.94. The molecule has 0 spiro atoms. The van der Waals surface area contributed by atoms with Gasteiger partial charge in [0.15, 0.2) is 5.60 Å². The molecule has 0 aliphatic carbocycles. The van der Waals surface area contributed by atoms with Crippen molar-refractivity contribution in [1.82, 2.24) is 0 Å². The van der Waals surface area contributed by atoms with Crippen molar-refractivity contribution in [2.75, 3.05) is 6.26 Å². The minimum absolute atomic E-state index is 0.0525. The molecule has 1 unspecified atom stereocenters. The zero-order valence-corrected chi connectivity index (χ0v) is 13.3. The van der Waals surface area contributed by atoms with Crippen LogP contribution in [0.15, 0.2) is 17.0 Å². The van der Waals surface area contributed by atoms with Crippen molar-refractivity contribution in [2.24, 2.45) is 5.73 Å². The number of thioether (sulfide) groups is 1. The van der Waals surface area contributed by atoms with Gasteiger partial charge in [-0.25, -0.2) is 0 Å². The van der Waals surface area contributed by atoms with Gasteiger partial charge in [-0.15, -0.1) is 11.8 Å². The number of nitrogens with two attached hydrogens (primary N) is 1. The van der Waals surface area contributed by atoms with E-state index in [1.807, 2.05) is 33.1 Å². The maximum atomic E-state index is 13.8. The highest BCUT2D eigenvalue weighted by Crippen LogP contribution is 2.43. The van der Waals surface area contributed by atoms with Gasteiger partial charge in [-0.05, 0) is 43.7 Å². The highest BCUT2D eigenvalue weighted by atomic mass is 32.2. The summed E-state index contributed by atoms with van der Waals surface area (Å²) in [5, 5.41) is 10.6. The standard InChI is InChI=1S/C15H23F2NOS/c1-5-6-7-14(19,15(16,17)18)12-8-10(2)11(3)9-13(12)20-4/h8-9,19H,5-7,18H2,1-4H3. The molecule has 0 bridgehead atoms. The molecule has 0 saturated heterocycles. The van der Waals surface area contributed by atoms with Crippen LogP contribution in [0.2, 0.25) is 0 Å². The predicted molar refractivity (Wildman–Crippen MR) is 80.3 cm³/mol. The van der Waals surface area contributed by atoms with Crippen molar-refractivity contribution >= 4 is 11.8 Å². The molecule has 1 rings (SSSR count). The van der Waals surface area contributed by atoms with Crippen LogP contribution < -0.4 is 5.73 Å². The van der Waals surface area contributed by atoms with Crippen LogP contribution in [0, 0.1) is 13.8 Å². The lowest BCUT2D eigenvalue weighted by Gasteiger charge is -2.35. The number of alkyl halides is 2. The normalized spacial score (nSPS) is 15.2. The number of aryl methyl sites for hydroxylation is 2. The Hall–Kier alpha value is -0.650. The first kappa shape index (κ1) is 17.4. The molecule has 0 amide bonds. The maximum absolute atomic E-state index is 13.8. The van der Waals surface area contributed by atoms with E-state index in [1.165, 1.54) is 11.8 Å². The van der Waals surface area contributed by atoms with Gasteiger partial charge in [-0.3, -0.25) is 5.73 Å². The first-order valence-corrected chi connectivity index (χ1v) is 7.94. The SMILES string of the molecule is CCCCC(O)(c1cc(C)c(C)cc1SC)C(N)(F)F. The van der Waals surface area contributed by atoms with Gasteiger partial charge in [-0.2, -0.15) is 8.78 Å². The summed E-state index contributed by atoms with van der Waals surface area (Å²) in [4.78, 5) is 0.650. The van der Waals surface area contributed by atoms with Gasteiger partial charge in [0.2, 0.25) is 0 Å². The van der Waals surface area contributed by atoms with Crippen LogP contribution in [0.25, 0.3) is 0 Å². The molecule has 0 saturated carbocycles. The summed E-state index contributed by atoms with van der Waals surface area (Å²) < 4.78 is 27.7. The Labute approximate surface area is 123 Å². The summed E-state index contributed by atoms with van der Waals surface area (Å²) in [6.07, 6.45) is 2.97. The quantitative estimate of drug-likeness (QED) is 0.618. The molecule has 0 aromatic heterocycles. The molecule has 1 atom stereocenters. The molecule has 1 aromatic carbocycles. The lowest BCUT2D eigenvalue weighted by Crippen LogP contribution is -2.52. The lowest BCUT2D eigenvalue weighted by molar-refractivity contribution is -0.189. The second-order valence-corrected chi connectivity index (χ2v) is 6.07. The maximum Gasteiger partial charge on any atom is 0.332 e. The molecule has 3 N–H and O–H groups in total. The van der Waals surface area contributed by atoms with Gasteiger partial charge in [-0.1, -0.05) is 25.8 Å². The Morgan fingerprint density at radius 2 is 1.80 bits per heavy atom. The summed E-state index contributed by atoms with van der Waals surface area (Å²) >= 11 is 1.35. The minimum atomic E-state index is -3.67. The predicted octanol–water partition coefficient (Wildman–Crippen LogP) is 3.95. The van der Waals surface area contributed by atoms with Crippen LogP contribution in [0.5, 0.6) is 0 Å². The van der Waals surface area contributed by atoms with Crippen molar-refractivity contribution in [3.05, 3.63) is 28.8 Å². The lowest BCUT2D eigenvalue weighted by atomic mass is 9.85. The van der Waals surface area contributed by atoms with E-state index in [2.05, 4.69) is 0 Å². The van der Waals surface area contributed by atoms with Crippen LogP contribution in [-0.4, -0.2) is 17.4 Å². The highest BCUT2D eigenvalue weighted by Gasteiger charge is 2.51. The second kappa shape index (κ2) is 6.41. The van der Waals surface area contributed by atoms with Crippen molar-refractivity contribution < 1.29 is 13.9 Å². The van der Waals surface area contributed by atoms with E-state index in [0.717, 1.165) is 17.5 Å². The number of rotatable bonds is 6. The van der Waals surface area contributed by atoms with Crippen molar-refractivity contribution in [3.63, 3.8) is 0 Å². The zero-order chi connectivity index (χ0) is 15.6. The smallest absolute Gasteiger partial charge is 0.332 e. The van der Waals surface area contributed by atoms with Gasteiger partial charge < -0.3 is 5.11 Å². The van der Waals surface area contributed by atoms with Crippen LogP contribution in [0.1, 0.15) is 42.9 Å². The Kier molecular flexibility index (Phi) is 5.58. The Bertz CT molecular complexity index is 474. The summed E-state index contributed by atoms with van der Waals surface area (Å²) in [7, 11) is 0. The van der Waals surface area contributed by atoms with E-state index in [1.54, 1.807) is 6.07 Å². The molecular formula is C15H23F2NOS. The first-order valence-electron chi connectivity index (χ1n) is 6.72. The molecule has 0 heterocycles. The van der Waals surface area contributed by atoms with E-state index in [9.17, 15) is 13.9 Å². The number of hydrogen-bond donors (Lipinski definition) is 2. The third-order valence-electron chi connectivity index (χ3n) is 3.70. The highest BCUT2D eigenvalue weighted by molar-refractivity contribution is 7.98. The third kappa shape index (κ3) is 3.32. The zero-order valence-electron chi connectivity index (χ0n) is 12.5. The van der Waals surface area contributed by atoms with E-state index >= 15 is 0 Å². The molecule has 0 fully saturated rings.